The van der Waals surface area contributed by atoms with Gasteiger partial charge in [-0.15, -0.1) is 0 Å². The third kappa shape index (κ3) is 1.29. The molecule has 0 aromatic carbocycles. The lowest BCUT2D eigenvalue weighted by Gasteiger charge is -2.22. The molecule has 0 radical (unpaired) electrons. The van der Waals surface area contributed by atoms with Crippen LogP contribution >= 0.6 is 0 Å². The molecule has 1 nitrogen and oxygen atoms in total. The predicted molar refractivity (Wildman–Crippen MR) is 47.3 cm³/mol. The first kappa shape index (κ1) is 4.54. The summed E-state index contributed by atoms with van der Waals surface area (Å²) in [6, 6.07) is 0. The second kappa shape index (κ2) is 2.88. The fraction of sp³-hybridized carbons (Fsp3) is 0.800. The van der Waals surface area contributed by atoms with Gasteiger partial charge in [0.2, 0.25) is 0 Å². The van der Waals surface area contributed by atoms with E-state index in [1.54, 1.807) is 0 Å². The third-order valence-electron chi connectivity index (χ3n) is 2.64. The molecule has 0 spiro atoms. The molecule has 0 N–H and O–H groups in total. The normalized spacial score (nSPS) is 36.4. The topological polar surface area (TPSA) is 3.24 Å². The quantitative estimate of drug-likeness (QED) is 0.560. The first-order chi connectivity index (χ1) is 6.59. The molecule has 62 valence electrons. The van der Waals surface area contributed by atoms with Crippen molar-refractivity contribution < 1.29 is 4.11 Å². The minimum absolute atomic E-state index is 0.194. The van der Waals surface area contributed by atoms with Crippen molar-refractivity contribution in [1.82, 2.24) is 4.90 Å². The molecule has 0 bridgehead atoms. The molecule has 0 saturated carbocycles. The van der Waals surface area contributed by atoms with Crippen molar-refractivity contribution in [2.45, 2.75) is 32.5 Å². The molecule has 1 fully saturated rings. The van der Waals surface area contributed by atoms with E-state index in [-0.39, 0.29) is 5.92 Å². The second-order valence-corrected chi connectivity index (χ2v) is 3.45. The Hall–Kier alpha value is -0.460. The first-order valence-corrected chi connectivity index (χ1v) is 4.54. The maximum atomic E-state index is 7.49. The number of nitrogens with zero attached hydrogens (tertiary/aromatic N) is 1. The van der Waals surface area contributed by atoms with Gasteiger partial charge in [0.25, 0.3) is 0 Å². The number of hydrogen-bond donors (Lipinski definition) is 0. The number of hydrogen-bond acceptors (Lipinski definition) is 1. The lowest BCUT2D eigenvalue weighted by molar-refractivity contribution is 0.378. The van der Waals surface area contributed by atoms with Crippen molar-refractivity contribution in [3.63, 3.8) is 0 Å². The zero-order valence-corrected chi connectivity index (χ0v) is 6.84. The smallest absolute Gasteiger partial charge is 0.0237 e. The summed E-state index contributed by atoms with van der Waals surface area (Å²) in [6.45, 7) is 0.307. The number of rotatable bonds is 1. The SMILES string of the molecule is [2H]C([2H])([2H])C1CCC=C1N1CCCC1. The predicted octanol–water partition coefficient (Wildman–Crippen LogP) is 2.40. The molecule has 0 aromatic heterocycles. The lowest BCUT2D eigenvalue weighted by atomic mass is 10.1. The van der Waals surface area contributed by atoms with E-state index in [1.807, 2.05) is 0 Å². The van der Waals surface area contributed by atoms with Crippen LogP contribution in [0.1, 0.15) is 36.6 Å². The Morgan fingerprint density at radius 3 is 3.09 bits per heavy atom. The van der Waals surface area contributed by atoms with Gasteiger partial charge in [-0.25, -0.2) is 0 Å². The number of allylic oxidation sites excluding steroid dienone is 2. The van der Waals surface area contributed by atoms with Crippen molar-refractivity contribution in [3.05, 3.63) is 11.8 Å². The summed E-state index contributed by atoms with van der Waals surface area (Å²) >= 11 is 0. The largest absolute Gasteiger partial charge is 0.375 e. The van der Waals surface area contributed by atoms with E-state index in [1.165, 1.54) is 12.8 Å². The molecule has 2 aliphatic rings. The monoisotopic (exact) mass is 154 g/mol. The molecule has 1 heterocycles. The van der Waals surface area contributed by atoms with Crippen molar-refractivity contribution in [2.24, 2.45) is 5.92 Å². The molecule has 1 heteroatoms. The van der Waals surface area contributed by atoms with Gasteiger partial charge in [-0.2, -0.15) is 0 Å². The summed E-state index contributed by atoms with van der Waals surface area (Å²) in [6.07, 6.45) is 6.30. The highest BCUT2D eigenvalue weighted by Crippen LogP contribution is 2.30. The maximum Gasteiger partial charge on any atom is 0.0237 e. The highest BCUT2D eigenvalue weighted by molar-refractivity contribution is 5.11. The zero-order chi connectivity index (χ0) is 10.2. The van der Waals surface area contributed by atoms with Gasteiger partial charge in [0.15, 0.2) is 0 Å². The van der Waals surface area contributed by atoms with Crippen LogP contribution in [0.3, 0.4) is 0 Å². The highest BCUT2D eigenvalue weighted by Gasteiger charge is 2.22. The first-order valence-electron chi connectivity index (χ1n) is 6.04. The van der Waals surface area contributed by atoms with Crippen LogP contribution in [0.25, 0.3) is 0 Å². The van der Waals surface area contributed by atoms with E-state index in [4.69, 9.17) is 4.11 Å². The van der Waals surface area contributed by atoms with Gasteiger partial charge in [-0.3, -0.25) is 0 Å². The molecular formula is C10H17N. The molecule has 0 amide bonds. The zero-order valence-electron chi connectivity index (χ0n) is 9.84. The van der Waals surface area contributed by atoms with Crippen LogP contribution < -0.4 is 0 Å². The van der Waals surface area contributed by atoms with E-state index in [0.29, 0.717) is 0 Å². The Morgan fingerprint density at radius 2 is 2.36 bits per heavy atom. The molecule has 1 unspecified atom stereocenters. The summed E-state index contributed by atoms with van der Waals surface area (Å²) < 4.78 is 22.5. The van der Waals surface area contributed by atoms with E-state index >= 15 is 0 Å². The molecule has 1 aliphatic heterocycles. The summed E-state index contributed by atoms with van der Waals surface area (Å²) in [5.74, 6) is -0.194. The van der Waals surface area contributed by atoms with Gasteiger partial charge >= 0.3 is 0 Å². The Bertz CT molecular complexity index is 238. The highest BCUT2D eigenvalue weighted by atomic mass is 15.2. The lowest BCUT2D eigenvalue weighted by Crippen LogP contribution is -2.20. The Morgan fingerprint density at radius 1 is 1.55 bits per heavy atom. The summed E-state index contributed by atoms with van der Waals surface area (Å²) in [7, 11) is 0. The molecule has 1 atom stereocenters. The Balaban J connectivity index is 2.09. The Kier molecular flexibility index (Phi) is 1.19. The molecule has 11 heavy (non-hydrogen) atoms. The average molecular weight is 154 g/mol. The van der Waals surface area contributed by atoms with Gasteiger partial charge in [0.1, 0.15) is 0 Å². The van der Waals surface area contributed by atoms with Crippen LogP contribution in [0.5, 0.6) is 0 Å². The summed E-state index contributed by atoms with van der Waals surface area (Å²) in [5.41, 5.74) is 1.10. The van der Waals surface area contributed by atoms with Crippen LogP contribution in [0.2, 0.25) is 0 Å². The van der Waals surface area contributed by atoms with Gasteiger partial charge in [-0.05, 0) is 31.6 Å². The van der Waals surface area contributed by atoms with E-state index in [9.17, 15) is 0 Å². The number of likely N-dealkylation sites (tertiary alicyclic amines) is 1. The molecule has 1 saturated heterocycles. The van der Waals surface area contributed by atoms with Crippen molar-refractivity contribution in [2.75, 3.05) is 13.1 Å². The fourth-order valence-electron chi connectivity index (χ4n) is 2.01. The average Bonchev–Trinajstić information content (AvgIpc) is 2.73. The molecule has 0 aromatic rings. The van der Waals surface area contributed by atoms with E-state index < -0.39 is 6.85 Å². The second-order valence-electron chi connectivity index (χ2n) is 3.45. The minimum atomic E-state index is -1.80. The van der Waals surface area contributed by atoms with Gasteiger partial charge in [0.05, 0.1) is 0 Å². The molecule has 1 aliphatic carbocycles. The van der Waals surface area contributed by atoms with Crippen LogP contribution in [-0.4, -0.2) is 18.0 Å². The van der Waals surface area contributed by atoms with Gasteiger partial charge in [0, 0.05) is 22.9 Å². The van der Waals surface area contributed by atoms with Crippen LogP contribution in [-0.2, 0) is 0 Å². The van der Waals surface area contributed by atoms with Crippen molar-refractivity contribution in [3.8, 4) is 0 Å². The van der Waals surface area contributed by atoms with E-state index in [2.05, 4.69) is 11.0 Å². The van der Waals surface area contributed by atoms with Crippen molar-refractivity contribution >= 4 is 0 Å². The van der Waals surface area contributed by atoms with Crippen LogP contribution in [0.15, 0.2) is 11.8 Å². The van der Waals surface area contributed by atoms with Crippen LogP contribution in [0.4, 0.5) is 0 Å². The Labute approximate surface area is 73.3 Å². The standard InChI is InChI=1S/C10H17N/c1-9-5-4-6-10(9)11-7-2-3-8-11/h6,9H,2-5,7-8H2,1H3/i1D3. The molecular weight excluding hydrogens is 134 g/mol. The van der Waals surface area contributed by atoms with Gasteiger partial charge in [-0.1, -0.05) is 12.9 Å². The minimum Gasteiger partial charge on any atom is -0.375 e. The third-order valence-corrected chi connectivity index (χ3v) is 2.64. The summed E-state index contributed by atoms with van der Waals surface area (Å²) in [4.78, 5) is 2.27. The van der Waals surface area contributed by atoms with E-state index in [0.717, 1.165) is 31.6 Å². The summed E-state index contributed by atoms with van der Waals surface area (Å²) in [5, 5.41) is 0. The fourth-order valence-corrected chi connectivity index (χ4v) is 2.01. The van der Waals surface area contributed by atoms with Crippen molar-refractivity contribution in [1.29, 1.82) is 0 Å². The van der Waals surface area contributed by atoms with Crippen LogP contribution in [0, 0.1) is 5.92 Å². The molecule has 2 rings (SSSR count). The maximum absolute atomic E-state index is 7.49. The van der Waals surface area contributed by atoms with Gasteiger partial charge < -0.3 is 4.90 Å².